The second-order valence-electron chi connectivity index (χ2n) is 4.89. The number of pyridine rings is 1. The number of hydrogen-bond acceptors (Lipinski definition) is 4. The SMILES string of the molecule is CN(c1cc(C(F)(F)F)ccn1)N1C(=O)c2ccccc2C1=O. The van der Waals surface area contributed by atoms with Crippen LogP contribution in [0.15, 0.2) is 42.6 Å². The summed E-state index contributed by atoms with van der Waals surface area (Å²) in [6.45, 7) is 0. The molecule has 2 aromatic rings. The Morgan fingerprint density at radius 3 is 2.13 bits per heavy atom. The molecule has 2 heterocycles. The van der Waals surface area contributed by atoms with Crippen molar-refractivity contribution in [2.45, 2.75) is 6.18 Å². The molecule has 0 radical (unpaired) electrons. The number of aromatic nitrogens is 1. The van der Waals surface area contributed by atoms with E-state index in [1.54, 1.807) is 12.1 Å². The molecule has 1 aromatic carbocycles. The van der Waals surface area contributed by atoms with Gasteiger partial charge in [0.15, 0.2) is 0 Å². The number of fused-ring (bicyclic) bond motifs is 1. The maximum Gasteiger partial charge on any atom is 0.416 e. The molecule has 0 N–H and O–H groups in total. The third kappa shape index (κ3) is 2.41. The van der Waals surface area contributed by atoms with Crippen molar-refractivity contribution in [2.24, 2.45) is 0 Å². The number of carbonyl (C=O) groups is 2. The van der Waals surface area contributed by atoms with E-state index in [9.17, 15) is 22.8 Å². The third-order valence-corrected chi connectivity index (χ3v) is 3.48. The highest BCUT2D eigenvalue weighted by Crippen LogP contribution is 2.32. The number of hydrazine groups is 1. The number of nitrogens with zero attached hydrogens (tertiary/aromatic N) is 3. The molecule has 0 atom stereocenters. The van der Waals surface area contributed by atoms with Crippen molar-refractivity contribution in [3.8, 4) is 0 Å². The zero-order valence-electron chi connectivity index (χ0n) is 11.8. The van der Waals surface area contributed by atoms with Gasteiger partial charge in [0.1, 0.15) is 5.82 Å². The smallest absolute Gasteiger partial charge is 0.267 e. The molecule has 0 saturated carbocycles. The van der Waals surface area contributed by atoms with Crippen molar-refractivity contribution in [3.63, 3.8) is 0 Å². The van der Waals surface area contributed by atoms with Crippen LogP contribution in [-0.2, 0) is 6.18 Å². The fourth-order valence-electron chi connectivity index (χ4n) is 2.32. The number of amides is 2. The van der Waals surface area contributed by atoms with Crippen LogP contribution in [0.3, 0.4) is 0 Å². The van der Waals surface area contributed by atoms with E-state index >= 15 is 0 Å². The van der Waals surface area contributed by atoms with Crippen LogP contribution in [-0.4, -0.2) is 28.9 Å². The first-order valence-corrected chi connectivity index (χ1v) is 6.55. The number of benzene rings is 1. The lowest BCUT2D eigenvalue weighted by Crippen LogP contribution is -2.44. The van der Waals surface area contributed by atoms with E-state index in [4.69, 9.17) is 0 Å². The lowest BCUT2D eigenvalue weighted by atomic mass is 10.1. The van der Waals surface area contributed by atoms with Gasteiger partial charge in [-0.25, -0.2) is 4.98 Å². The maximum atomic E-state index is 12.8. The molecule has 2 amide bonds. The summed E-state index contributed by atoms with van der Waals surface area (Å²) in [5.41, 5.74) is -0.501. The van der Waals surface area contributed by atoms with Gasteiger partial charge in [-0.05, 0) is 24.3 Å². The van der Waals surface area contributed by atoms with Crippen molar-refractivity contribution in [3.05, 3.63) is 59.3 Å². The normalized spacial score (nSPS) is 14.2. The Morgan fingerprint density at radius 2 is 1.61 bits per heavy atom. The van der Waals surface area contributed by atoms with Gasteiger partial charge in [0, 0.05) is 13.2 Å². The second-order valence-corrected chi connectivity index (χ2v) is 4.89. The molecule has 8 heteroatoms. The summed E-state index contributed by atoms with van der Waals surface area (Å²) >= 11 is 0. The van der Waals surface area contributed by atoms with Gasteiger partial charge in [-0.1, -0.05) is 12.1 Å². The molecule has 3 rings (SSSR count). The minimum Gasteiger partial charge on any atom is -0.267 e. The van der Waals surface area contributed by atoms with E-state index in [1.165, 1.54) is 19.2 Å². The first-order valence-electron chi connectivity index (χ1n) is 6.55. The summed E-state index contributed by atoms with van der Waals surface area (Å²) in [5, 5.41) is 1.78. The van der Waals surface area contributed by atoms with Crippen molar-refractivity contribution >= 4 is 17.6 Å². The predicted octanol–water partition coefficient (Wildman–Crippen LogP) is 2.75. The molecule has 5 nitrogen and oxygen atoms in total. The summed E-state index contributed by atoms with van der Waals surface area (Å²) in [5.74, 6) is -1.37. The van der Waals surface area contributed by atoms with Crippen molar-refractivity contribution in [1.82, 2.24) is 9.99 Å². The molecule has 0 saturated heterocycles. The molecule has 0 unspecified atom stereocenters. The quantitative estimate of drug-likeness (QED) is 0.798. The first-order chi connectivity index (χ1) is 10.8. The molecule has 118 valence electrons. The minimum absolute atomic E-state index is 0.158. The highest BCUT2D eigenvalue weighted by Gasteiger charge is 2.39. The van der Waals surface area contributed by atoms with E-state index in [2.05, 4.69) is 4.98 Å². The van der Waals surface area contributed by atoms with Crippen LogP contribution in [0.2, 0.25) is 0 Å². The van der Waals surface area contributed by atoms with Crippen LogP contribution >= 0.6 is 0 Å². The van der Waals surface area contributed by atoms with Gasteiger partial charge in [0.05, 0.1) is 16.7 Å². The largest absolute Gasteiger partial charge is 0.416 e. The van der Waals surface area contributed by atoms with E-state index in [-0.39, 0.29) is 16.9 Å². The van der Waals surface area contributed by atoms with Crippen molar-refractivity contribution in [2.75, 3.05) is 12.1 Å². The van der Waals surface area contributed by atoms with E-state index < -0.39 is 23.6 Å². The summed E-state index contributed by atoms with van der Waals surface area (Å²) in [4.78, 5) is 28.4. The molecule has 0 fully saturated rings. The molecular weight excluding hydrogens is 311 g/mol. The Labute approximate surface area is 128 Å². The highest BCUT2D eigenvalue weighted by atomic mass is 19.4. The van der Waals surface area contributed by atoms with Gasteiger partial charge in [-0.3, -0.25) is 14.6 Å². The maximum absolute atomic E-state index is 12.8. The average molecular weight is 321 g/mol. The molecule has 1 aromatic heterocycles. The zero-order chi connectivity index (χ0) is 16.8. The van der Waals surface area contributed by atoms with Crippen LogP contribution < -0.4 is 5.01 Å². The van der Waals surface area contributed by atoms with Crippen molar-refractivity contribution < 1.29 is 22.8 Å². The van der Waals surface area contributed by atoms with Crippen LogP contribution in [0.5, 0.6) is 0 Å². The minimum atomic E-state index is -4.54. The number of anilines is 1. The summed E-state index contributed by atoms with van der Waals surface area (Å²) in [6, 6.07) is 7.79. The van der Waals surface area contributed by atoms with Gasteiger partial charge in [-0.15, -0.1) is 0 Å². The van der Waals surface area contributed by atoms with Crippen LogP contribution in [0.4, 0.5) is 19.0 Å². The molecule has 0 aliphatic carbocycles. The van der Waals surface area contributed by atoms with Gasteiger partial charge in [0.25, 0.3) is 11.8 Å². The summed E-state index contributed by atoms with van der Waals surface area (Å²) < 4.78 is 38.3. The van der Waals surface area contributed by atoms with E-state index in [0.717, 1.165) is 28.3 Å². The number of rotatable bonds is 2. The third-order valence-electron chi connectivity index (χ3n) is 3.48. The fourth-order valence-corrected chi connectivity index (χ4v) is 2.32. The second kappa shape index (κ2) is 5.08. The van der Waals surface area contributed by atoms with Gasteiger partial charge in [-0.2, -0.15) is 18.2 Å². The number of halogens is 3. The number of imide groups is 1. The Balaban J connectivity index is 1.98. The fraction of sp³-hybridized carbons (Fsp3) is 0.133. The number of alkyl halides is 3. The Morgan fingerprint density at radius 1 is 1.04 bits per heavy atom. The van der Waals surface area contributed by atoms with Gasteiger partial charge in [0.2, 0.25) is 0 Å². The zero-order valence-corrected chi connectivity index (χ0v) is 11.8. The lowest BCUT2D eigenvalue weighted by Gasteiger charge is -2.27. The molecule has 1 aliphatic rings. The average Bonchev–Trinajstić information content (AvgIpc) is 2.78. The molecule has 0 spiro atoms. The van der Waals surface area contributed by atoms with Gasteiger partial charge >= 0.3 is 6.18 Å². The number of carbonyl (C=O) groups excluding carboxylic acids is 2. The van der Waals surface area contributed by atoms with Crippen LogP contribution in [0, 0.1) is 0 Å². The highest BCUT2D eigenvalue weighted by molar-refractivity contribution is 6.22. The first kappa shape index (κ1) is 15.0. The monoisotopic (exact) mass is 321 g/mol. The molecular formula is C15H10F3N3O2. The van der Waals surface area contributed by atoms with Crippen molar-refractivity contribution in [1.29, 1.82) is 0 Å². The predicted molar refractivity (Wildman–Crippen MR) is 74.6 cm³/mol. The number of hydrogen-bond donors (Lipinski definition) is 0. The standard InChI is InChI=1S/C15H10F3N3O2/c1-20(12-8-9(6-7-19-12)15(16,17)18)21-13(22)10-4-2-3-5-11(10)14(21)23/h2-8H,1H3. The van der Waals surface area contributed by atoms with E-state index in [0.29, 0.717) is 0 Å². The molecule has 23 heavy (non-hydrogen) atoms. The van der Waals surface area contributed by atoms with Gasteiger partial charge < -0.3 is 0 Å². The summed E-state index contributed by atoms with van der Waals surface area (Å²) in [7, 11) is 1.31. The Kier molecular flexibility index (Phi) is 3.32. The Bertz CT molecular complexity index is 770. The van der Waals surface area contributed by atoms with E-state index in [1.807, 2.05) is 0 Å². The molecule has 0 bridgehead atoms. The van der Waals surface area contributed by atoms with Crippen LogP contribution in [0.1, 0.15) is 26.3 Å². The lowest BCUT2D eigenvalue weighted by molar-refractivity contribution is -0.137. The Hall–Kier alpha value is -2.90. The van der Waals surface area contributed by atoms with Crippen LogP contribution in [0.25, 0.3) is 0 Å². The topological polar surface area (TPSA) is 53.5 Å². The summed E-state index contributed by atoms with van der Waals surface area (Å²) in [6.07, 6.45) is -3.56. The molecule has 1 aliphatic heterocycles.